The van der Waals surface area contributed by atoms with Crippen LogP contribution in [0.1, 0.15) is 16.7 Å². The van der Waals surface area contributed by atoms with Gasteiger partial charge in [-0.05, 0) is 95.1 Å². The summed E-state index contributed by atoms with van der Waals surface area (Å²) in [6.45, 7) is 0. The Morgan fingerprint density at radius 3 is 1.19 bits per heavy atom. The zero-order valence-electron chi connectivity index (χ0n) is 36.2. The van der Waals surface area contributed by atoms with E-state index in [9.17, 15) is 15.8 Å². The quantitative estimate of drug-likeness (QED) is 0.157. The Morgan fingerprint density at radius 1 is 0.309 bits per heavy atom. The van der Waals surface area contributed by atoms with Gasteiger partial charge in [0.05, 0.1) is 62.3 Å². The van der Waals surface area contributed by atoms with E-state index < -0.39 is 0 Å². The standard InChI is InChI=1S/C60H34N8/c61-35-38-19-23-40(24-20-38)44-27-29-54-49(31-44)47-15-7-9-17-52(47)67(54)56-34-51(60-65-58(42-11-3-1-4-12-42)64-59(66-60)43-13-5-2-6-14-43)57(33-46(56)37-63)68-53-18-10-8-16-48(53)50-32-45(28-30-55(50)68)41-25-21-39(36-62)22-26-41/h1-34H. The van der Waals surface area contributed by atoms with Gasteiger partial charge in [0.25, 0.3) is 0 Å². The van der Waals surface area contributed by atoms with E-state index in [1.165, 1.54) is 0 Å². The molecule has 0 aliphatic rings. The van der Waals surface area contributed by atoms with Crippen LogP contribution in [0.15, 0.2) is 206 Å². The lowest BCUT2D eigenvalue weighted by Crippen LogP contribution is -2.07. The lowest BCUT2D eigenvalue weighted by atomic mass is 10.0. The van der Waals surface area contributed by atoms with Gasteiger partial charge in [0.2, 0.25) is 0 Å². The van der Waals surface area contributed by atoms with Crippen molar-refractivity contribution in [2.75, 3.05) is 0 Å². The summed E-state index contributed by atoms with van der Waals surface area (Å²) < 4.78 is 4.39. The summed E-state index contributed by atoms with van der Waals surface area (Å²) >= 11 is 0. The first-order chi connectivity index (χ1) is 33.6. The number of fused-ring (bicyclic) bond motifs is 6. The van der Waals surface area contributed by atoms with Gasteiger partial charge in [0.15, 0.2) is 17.5 Å². The summed E-state index contributed by atoms with van der Waals surface area (Å²) in [5.41, 5.74) is 13.3. The third-order valence-corrected chi connectivity index (χ3v) is 12.7. The fourth-order valence-electron chi connectivity index (χ4n) is 9.44. The average Bonchev–Trinajstić information content (AvgIpc) is 3.93. The van der Waals surface area contributed by atoms with Gasteiger partial charge in [-0.15, -0.1) is 0 Å². The van der Waals surface area contributed by atoms with Gasteiger partial charge < -0.3 is 9.13 Å². The number of aromatic nitrogens is 5. The second kappa shape index (κ2) is 16.2. The Balaban J connectivity index is 1.16. The summed E-state index contributed by atoms with van der Waals surface area (Å²) in [6.07, 6.45) is 0. The average molecular weight is 867 g/mol. The molecule has 0 saturated heterocycles. The second-order valence-corrected chi connectivity index (χ2v) is 16.6. The van der Waals surface area contributed by atoms with Gasteiger partial charge in [-0.3, -0.25) is 0 Å². The third-order valence-electron chi connectivity index (χ3n) is 12.7. The Bertz CT molecular complexity index is 4030. The number of rotatable bonds is 7. The molecule has 68 heavy (non-hydrogen) atoms. The van der Waals surface area contributed by atoms with Crippen molar-refractivity contribution >= 4 is 43.6 Å². The van der Waals surface area contributed by atoms with Crippen LogP contribution >= 0.6 is 0 Å². The van der Waals surface area contributed by atoms with Crippen LogP contribution in [-0.4, -0.2) is 24.1 Å². The lowest BCUT2D eigenvalue weighted by Gasteiger charge is -2.19. The van der Waals surface area contributed by atoms with Crippen LogP contribution < -0.4 is 0 Å². The van der Waals surface area contributed by atoms with Crippen molar-refractivity contribution < 1.29 is 0 Å². The number of hydrogen-bond donors (Lipinski definition) is 0. The van der Waals surface area contributed by atoms with E-state index >= 15 is 0 Å². The fraction of sp³-hybridized carbons (Fsp3) is 0. The van der Waals surface area contributed by atoms with Gasteiger partial charge in [0, 0.05) is 38.2 Å². The molecule has 3 heterocycles. The predicted octanol–water partition coefficient (Wildman–Crippen LogP) is 14.0. The first kappa shape index (κ1) is 39.6. The molecule has 0 saturated carbocycles. The number of nitriles is 3. The molecule has 0 N–H and O–H groups in total. The molecule has 314 valence electrons. The smallest absolute Gasteiger partial charge is 0.166 e. The number of hydrogen-bond acceptors (Lipinski definition) is 6. The van der Waals surface area contributed by atoms with Crippen LogP contribution in [0, 0.1) is 34.0 Å². The van der Waals surface area contributed by atoms with E-state index in [4.69, 9.17) is 15.0 Å². The van der Waals surface area contributed by atoms with Crippen molar-refractivity contribution in [1.29, 1.82) is 15.8 Å². The molecule has 3 aromatic heterocycles. The van der Waals surface area contributed by atoms with Gasteiger partial charge in [-0.1, -0.05) is 133 Å². The molecule has 0 unspecified atom stereocenters. The maximum atomic E-state index is 11.3. The minimum Gasteiger partial charge on any atom is -0.308 e. The monoisotopic (exact) mass is 866 g/mol. The van der Waals surface area contributed by atoms with Gasteiger partial charge >= 0.3 is 0 Å². The molecule has 0 radical (unpaired) electrons. The summed E-state index contributed by atoms with van der Waals surface area (Å²) in [5.74, 6) is 1.49. The minimum atomic E-state index is 0.447. The van der Waals surface area contributed by atoms with Crippen molar-refractivity contribution in [3.63, 3.8) is 0 Å². The normalized spacial score (nSPS) is 11.2. The van der Waals surface area contributed by atoms with Gasteiger partial charge in [-0.25, -0.2) is 15.0 Å². The SMILES string of the molecule is N#Cc1ccc(-c2ccc3c(c2)c2ccccc2n3-c2cc(-c3nc(-c4ccccc4)nc(-c4ccccc4)n3)c(-n3c4ccccc4c4cc(-c5ccc(C#N)cc5)ccc43)cc2C#N)cc1. The molecule has 9 aromatic carbocycles. The third kappa shape index (κ3) is 6.63. The van der Waals surface area contributed by atoms with Crippen LogP contribution in [0.3, 0.4) is 0 Å². The van der Waals surface area contributed by atoms with Crippen LogP contribution in [0.2, 0.25) is 0 Å². The lowest BCUT2D eigenvalue weighted by molar-refractivity contribution is 1.06. The van der Waals surface area contributed by atoms with Gasteiger partial charge in [-0.2, -0.15) is 15.8 Å². The first-order valence-electron chi connectivity index (χ1n) is 22.1. The molecule has 8 nitrogen and oxygen atoms in total. The molecule has 0 spiro atoms. The molecule has 8 heteroatoms. The largest absolute Gasteiger partial charge is 0.308 e. The molecule has 12 rings (SSSR count). The molecule has 0 aliphatic carbocycles. The fourth-order valence-corrected chi connectivity index (χ4v) is 9.44. The van der Waals surface area contributed by atoms with Crippen molar-refractivity contribution in [3.8, 4) is 86.0 Å². The second-order valence-electron chi connectivity index (χ2n) is 16.6. The highest BCUT2D eigenvalue weighted by Gasteiger charge is 2.24. The van der Waals surface area contributed by atoms with Crippen LogP contribution in [0.5, 0.6) is 0 Å². The van der Waals surface area contributed by atoms with E-state index in [1.54, 1.807) is 0 Å². The highest BCUT2D eigenvalue weighted by atomic mass is 15.1. The van der Waals surface area contributed by atoms with Crippen LogP contribution in [0.25, 0.3) is 111 Å². The predicted molar refractivity (Wildman–Crippen MR) is 270 cm³/mol. The molecular weight excluding hydrogens is 833 g/mol. The van der Waals surface area contributed by atoms with E-state index in [0.29, 0.717) is 45.4 Å². The maximum absolute atomic E-state index is 11.3. The Morgan fingerprint density at radius 2 is 0.721 bits per heavy atom. The van der Waals surface area contributed by atoms with Crippen LogP contribution in [0.4, 0.5) is 0 Å². The van der Waals surface area contributed by atoms with Gasteiger partial charge in [0.1, 0.15) is 6.07 Å². The van der Waals surface area contributed by atoms with E-state index in [-0.39, 0.29) is 0 Å². The zero-order chi connectivity index (χ0) is 45.7. The summed E-state index contributed by atoms with van der Waals surface area (Å²) in [4.78, 5) is 15.6. The molecule has 0 fully saturated rings. The summed E-state index contributed by atoms with van der Waals surface area (Å²) in [5, 5.41) is 34.4. The summed E-state index contributed by atoms with van der Waals surface area (Å²) in [6, 6.07) is 75.6. The van der Waals surface area contributed by atoms with E-state index in [1.807, 2.05) is 140 Å². The van der Waals surface area contributed by atoms with Crippen molar-refractivity contribution in [2.45, 2.75) is 0 Å². The molecule has 0 atom stereocenters. The summed E-state index contributed by atoms with van der Waals surface area (Å²) in [7, 11) is 0. The van der Waals surface area contributed by atoms with E-state index in [0.717, 1.165) is 82.7 Å². The highest BCUT2D eigenvalue weighted by molar-refractivity contribution is 6.12. The van der Waals surface area contributed by atoms with E-state index in [2.05, 4.69) is 94.1 Å². The number of nitrogens with zero attached hydrogens (tertiary/aromatic N) is 8. The van der Waals surface area contributed by atoms with Crippen molar-refractivity contribution in [3.05, 3.63) is 223 Å². The zero-order valence-corrected chi connectivity index (χ0v) is 36.2. The topological polar surface area (TPSA) is 120 Å². The first-order valence-corrected chi connectivity index (χ1v) is 22.1. The Hall–Kier alpha value is -9.94. The molecule has 0 amide bonds. The maximum Gasteiger partial charge on any atom is 0.166 e. The Kier molecular flexibility index (Phi) is 9.47. The molecule has 12 aromatic rings. The minimum absolute atomic E-state index is 0.447. The number of benzene rings is 9. The molecule has 0 bridgehead atoms. The molecule has 0 aliphatic heterocycles. The molecular formula is C60H34N8. The highest BCUT2D eigenvalue weighted by Crippen LogP contribution is 2.42. The van der Waals surface area contributed by atoms with Crippen molar-refractivity contribution in [2.24, 2.45) is 0 Å². The van der Waals surface area contributed by atoms with Crippen LogP contribution in [-0.2, 0) is 0 Å². The van der Waals surface area contributed by atoms with Crippen molar-refractivity contribution in [1.82, 2.24) is 24.1 Å². The Labute approximate surface area is 390 Å². The number of para-hydroxylation sites is 2.